The van der Waals surface area contributed by atoms with E-state index in [0.717, 1.165) is 35.8 Å². The van der Waals surface area contributed by atoms with E-state index in [9.17, 15) is 0 Å². The van der Waals surface area contributed by atoms with Gasteiger partial charge >= 0.3 is 5.65 Å². The first-order valence-electron chi connectivity index (χ1n) is 10.3. The number of anilines is 2. The highest BCUT2D eigenvalue weighted by molar-refractivity contribution is 5.82. The predicted molar refractivity (Wildman–Crippen MR) is 115 cm³/mol. The number of rotatable bonds is 5. The van der Waals surface area contributed by atoms with Crippen molar-refractivity contribution in [2.24, 2.45) is 0 Å². The molecule has 5 rings (SSSR count). The number of nitrogens with two attached hydrogens (primary N) is 1. The average Bonchev–Trinajstić information content (AvgIpc) is 3.35. The highest BCUT2D eigenvalue weighted by Crippen LogP contribution is 2.30. The second-order valence-electron chi connectivity index (χ2n) is 7.75. The number of morpholine rings is 1. The van der Waals surface area contributed by atoms with Crippen molar-refractivity contribution in [2.75, 3.05) is 50.7 Å². The van der Waals surface area contributed by atoms with Gasteiger partial charge in [0.15, 0.2) is 5.82 Å². The maximum absolute atomic E-state index is 6.20. The van der Waals surface area contributed by atoms with Crippen LogP contribution in [0.2, 0.25) is 0 Å². The molecule has 1 saturated heterocycles. The van der Waals surface area contributed by atoms with Crippen molar-refractivity contribution in [3.8, 4) is 11.5 Å². The maximum Gasteiger partial charge on any atom is 0.348 e. The van der Waals surface area contributed by atoms with Gasteiger partial charge in [0.05, 0.1) is 37.6 Å². The Balaban J connectivity index is 1.70. The normalized spacial score (nSPS) is 15.8. The smallest absolute Gasteiger partial charge is 0.348 e. The van der Waals surface area contributed by atoms with E-state index in [1.54, 1.807) is 7.11 Å². The van der Waals surface area contributed by atoms with Crippen molar-refractivity contribution < 1.29 is 13.9 Å². The number of fused-ring (bicyclic) bond motifs is 2. The molecule has 31 heavy (non-hydrogen) atoms. The van der Waals surface area contributed by atoms with Crippen LogP contribution in [-0.4, -0.2) is 69.7 Å². The molecule has 1 fully saturated rings. The first-order chi connectivity index (χ1) is 15.1. The van der Waals surface area contributed by atoms with Crippen LogP contribution in [0.15, 0.2) is 18.5 Å². The van der Waals surface area contributed by atoms with Crippen LogP contribution in [0.4, 0.5) is 11.6 Å². The minimum absolute atomic E-state index is 0.0270. The molecule has 5 heterocycles. The molecule has 0 spiro atoms. The number of nitrogen functional groups attached to an aromatic ring is 1. The van der Waals surface area contributed by atoms with Crippen molar-refractivity contribution in [1.82, 2.24) is 29.7 Å². The summed E-state index contributed by atoms with van der Waals surface area (Å²) in [5.74, 6) is 2.82. The molecule has 0 radical (unpaired) electrons. The lowest BCUT2D eigenvalue weighted by molar-refractivity contribution is -0.519. The number of hydrogen-bond donors (Lipinski definition) is 2. The lowest BCUT2D eigenvalue weighted by atomic mass is 10.3. The molecule has 1 aliphatic heterocycles. The number of pyridine rings is 1. The zero-order valence-corrected chi connectivity index (χ0v) is 17.9. The van der Waals surface area contributed by atoms with E-state index >= 15 is 0 Å². The van der Waals surface area contributed by atoms with Gasteiger partial charge in [0.25, 0.3) is 0 Å². The van der Waals surface area contributed by atoms with Gasteiger partial charge in [-0.1, -0.05) is 0 Å². The van der Waals surface area contributed by atoms with E-state index in [1.807, 2.05) is 23.7 Å². The summed E-state index contributed by atoms with van der Waals surface area (Å²) in [6.07, 6.45) is 3.72. The summed E-state index contributed by atoms with van der Waals surface area (Å²) in [5, 5.41) is 7.17. The fourth-order valence-electron chi connectivity index (χ4n) is 4.07. The summed E-state index contributed by atoms with van der Waals surface area (Å²) in [6, 6.07) is 2.11. The first kappa shape index (κ1) is 19.6. The average molecular weight is 424 g/mol. The highest BCUT2D eigenvalue weighted by atomic mass is 16.5. The van der Waals surface area contributed by atoms with Gasteiger partial charge in [-0.05, 0) is 6.92 Å². The predicted octanol–water partition coefficient (Wildman–Crippen LogP) is 0.890. The molecule has 4 aromatic rings. The van der Waals surface area contributed by atoms with Crippen molar-refractivity contribution in [3.05, 3.63) is 24.3 Å². The Morgan fingerprint density at radius 3 is 2.90 bits per heavy atom. The van der Waals surface area contributed by atoms with Crippen molar-refractivity contribution in [3.63, 3.8) is 0 Å². The van der Waals surface area contributed by atoms with E-state index in [2.05, 4.69) is 42.6 Å². The molecule has 1 unspecified atom stereocenters. The van der Waals surface area contributed by atoms with Crippen LogP contribution in [0.25, 0.3) is 28.2 Å². The van der Waals surface area contributed by atoms with Crippen molar-refractivity contribution in [1.29, 1.82) is 0 Å². The summed E-state index contributed by atoms with van der Waals surface area (Å²) >= 11 is 0. The number of ether oxygens (including phenoxy) is 2. The summed E-state index contributed by atoms with van der Waals surface area (Å²) in [6.45, 7) is 7.60. The molecule has 0 aliphatic carbocycles. The monoisotopic (exact) mass is 424 g/mol. The topological polar surface area (TPSA) is 124 Å². The van der Waals surface area contributed by atoms with E-state index in [1.165, 1.54) is 0 Å². The molecule has 11 nitrogen and oxygen atoms in total. The molecule has 162 valence electrons. The number of aromatic nitrogens is 7. The Morgan fingerprint density at radius 2 is 2.13 bits per heavy atom. The molecular weight excluding hydrogens is 398 g/mol. The number of nitrogens with one attached hydrogen (secondary N) is 1. The van der Waals surface area contributed by atoms with Crippen LogP contribution in [0.5, 0.6) is 0 Å². The summed E-state index contributed by atoms with van der Waals surface area (Å²) in [7, 11) is 1.70. The second-order valence-corrected chi connectivity index (χ2v) is 7.75. The van der Waals surface area contributed by atoms with Gasteiger partial charge < -0.3 is 24.7 Å². The summed E-state index contributed by atoms with van der Waals surface area (Å²) in [4.78, 5) is 16.4. The van der Waals surface area contributed by atoms with Gasteiger partial charge in [-0.25, -0.2) is 15.0 Å². The number of H-pyrrole nitrogens is 1. The van der Waals surface area contributed by atoms with Crippen LogP contribution in [0.3, 0.4) is 0 Å². The SMILES string of the molecule is COCC(C)n1c(-c2c[n+]3c(C)[nH]nc3c(N)n2)nc2cnc(N3CCOCC3)cc21. The fraction of sp³-hybridized carbons (Fsp3) is 0.450. The molecule has 3 N–H and O–H groups in total. The van der Waals surface area contributed by atoms with E-state index in [0.29, 0.717) is 42.8 Å². The molecule has 0 bridgehead atoms. The van der Waals surface area contributed by atoms with Crippen LogP contribution in [0, 0.1) is 6.92 Å². The van der Waals surface area contributed by atoms with Crippen LogP contribution in [-0.2, 0) is 9.47 Å². The van der Waals surface area contributed by atoms with Gasteiger partial charge in [0, 0.05) is 38.3 Å². The van der Waals surface area contributed by atoms with Crippen LogP contribution < -0.4 is 15.0 Å². The third-order valence-electron chi connectivity index (χ3n) is 5.61. The Kier molecular flexibility index (Phi) is 4.91. The molecule has 1 aliphatic rings. The van der Waals surface area contributed by atoms with Crippen LogP contribution in [0.1, 0.15) is 18.8 Å². The maximum atomic E-state index is 6.20. The van der Waals surface area contributed by atoms with E-state index < -0.39 is 0 Å². The Morgan fingerprint density at radius 1 is 1.32 bits per heavy atom. The number of aryl methyl sites for hydroxylation is 1. The third-order valence-corrected chi connectivity index (χ3v) is 5.61. The minimum Gasteiger partial charge on any atom is -0.383 e. The van der Waals surface area contributed by atoms with Gasteiger partial charge in [0.2, 0.25) is 11.6 Å². The molecule has 0 aromatic carbocycles. The highest BCUT2D eigenvalue weighted by Gasteiger charge is 2.24. The van der Waals surface area contributed by atoms with Gasteiger partial charge in [-0.3, -0.25) is 0 Å². The molecule has 0 saturated carbocycles. The van der Waals surface area contributed by atoms with Crippen molar-refractivity contribution >= 4 is 28.3 Å². The minimum atomic E-state index is 0.0270. The van der Waals surface area contributed by atoms with Crippen molar-refractivity contribution in [2.45, 2.75) is 19.9 Å². The molecular formula is C20H26N9O2+. The largest absolute Gasteiger partial charge is 0.383 e. The van der Waals surface area contributed by atoms with E-state index in [4.69, 9.17) is 20.2 Å². The number of nitrogens with zero attached hydrogens (tertiary/aromatic N) is 7. The molecule has 1 atom stereocenters. The lowest BCUT2D eigenvalue weighted by Crippen LogP contribution is -2.36. The van der Waals surface area contributed by atoms with Gasteiger partial charge in [-0.2, -0.15) is 4.40 Å². The number of hydrogen-bond acceptors (Lipinski definition) is 8. The van der Waals surface area contributed by atoms with Crippen LogP contribution >= 0.6 is 0 Å². The van der Waals surface area contributed by atoms with Gasteiger partial charge in [-0.15, -0.1) is 5.10 Å². The Labute approximate surface area is 178 Å². The quantitative estimate of drug-likeness (QED) is 0.453. The first-order valence-corrected chi connectivity index (χ1v) is 10.3. The Hall–Kier alpha value is -3.31. The zero-order valence-electron chi connectivity index (χ0n) is 17.9. The summed E-state index contributed by atoms with van der Waals surface area (Å²) < 4.78 is 15.0. The zero-order chi connectivity index (χ0) is 21.5. The third kappa shape index (κ3) is 3.35. The molecule has 4 aromatic heterocycles. The Bertz CT molecular complexity index is 1240. The lowest BCUT2D eigenvalue weighted by Gasteiger charge is -2.27. The molecule has 11 heteroatoms. The second kappa shape index (κ2) is 7.75. The number of methoxy groups -OCH3 is 1. The van der Waals surface area contributed by atoms with E-state index in [-0.39, 0.29) is 6.04 Å². The number of imidazole rings is 1. The molecule has 0 amide bonds. The summed E-state index contributed by atoms with van der Waals surface area (Å²) in [5.41, 5.74) is 9.22. The standard InChI is InChI=1S/C20H25N9O2/c1-12(11-30-3)29-16-8-17(27-4-6-31-7-5-27)22-9-14(16)24-19(29)15-10-28-13(2)25-26-20(28)18(21)23-15/h8-10,12H,4-7,11H2,1-3H3,(H2,21,23)/p+1. The fourth-order valence-corrected chi connectivity index (χ4v) is 4.07. The van der Waals surface area contributed by atoms with Gasteiger partial charge in [0.1, 0.15) is 23.2 Å². The number of aromatic amines is 1.